The van der Waals surface area contributed by atoms with Crippen LogP contribution in [0.25, 0.3) is 10.9 Å². The van der Waals surface area contributed by atoms with Crippen LogP contribution in [0.1, 0.15) is 17.2 Å². The number of aromatic nitrogens is 1. The molecular weight excluding hydrogens is 414 g/mol. The normalized spacial score (nSPS) is 18.8. The Labute approximate surface area is 185 Å². The molecule has 168 valence electrons. The summed E-state index contributed by atoms with van der Waals surface area (Å²) in [7, 11) is 1.65. The molecule has 32 heavy (non-hydrogen) atoms. The van der Waals surface area contributed by atoms with Gasteiger partial charge < -0.3 is 15.4 Å². The lowest BCUT2D eigenvalue weighted by molar-refractivity contribution is 0.159. The number of aryl methyl sites for hydroxylation is 1. The monoisotopic (exact) mass is 440 g/mol. The summed E-state index contributed by atoms with van der Waals surface area (Å²) in [4.78, 5) is 19.5. The van der Waals surface area contributed by atoms with Crippen LogP contribution in [0.2, 0.25) is 0 Å². The summed E-state index contributed by atoms with van der Waals surface area (Å²) in [6.07, 6.45) is 0. The van der Waals surface area contributed by atoms with Crippen LogP contribution in [0.5, 0.6) is 0 Å². The molecule has 3 aromatic rings. The van der Waals surface area contributed by atoms with Crippen molar-refractivity contribution in [1.82, 2.24) is 15.2 Å². The number of likely N-dealkylation sites (tertiary alicyclic amines) is 1. The molecule has 0 aliphatic carbocycles. The number of hydrogen-bond donors (Lipinski definition) is 2. The molecule has 1 aliphatic rings. The molecule has 1 aliphatic heterocycles. The van der Waals surface area contributed by atoms with E-state index in [1.165, 1.54) is 24.3 Å². The number of fused-ring (bicyclic) bond motifs is 1. The molecule has 0 unspecified atom stereocenters. The summed E-state index contributed by atoms with van der Waals surface area (Å²) < 4.78 is 32.6. The summed E-state index contributed by atoms with van der Waals surface area (Å²) in [6.45, 7) is 4.40. The van der Waals surface area contributed by atoms with E-state index in [4.69, 9.17) is 4.74 Å². The molecule has 2 heterocycles. The van der Waals surface area contributed by atoms with Crippen molar-refractivity contribution in [2.75, 3.05) is 38.7 Å². The molecule has 4 rings (SSSR count). The van der Waals surface area contributed by atoms with Crippen molar-refractivity contribution in [3.63, 3.8) is 0 Å². The number of amides is 2. The third kappa shape index (κ3) is 5.03. The highest BCUT2D eigenvalue weighted by Gasteiger charge is 2.35. The summed E-state index contributed by atoms with van der Waals surface area (Å²) >= 11 is 0. The number of hydrogen-bond acceptors (Lipinski definition) is 4. The Kier molecular flexibility index (Phi) is 6.62. The summed E-state index contributed by atoms with van der Waals surface area (Å²) in [5.41, 5.74) is 2.64. The maximum absolute atomic E-state index is 13.8. The zero-order valence-electron chi connectivity index (χ0n) is 18.1. The Morgan fingerprint density at radius 2 is 1.97 bits per heavy atom. The molecule has 2 aromatic carbocycles. The zero-order chi connectivity index (χ0) is 22.7. The average molecular weight is 440 g/mol. The van der Waals surface area contributed by atoms with E-state index in [0.29, 0.717) is 42.0 Å². The number of urea groups is 1. The molecule has 0 radical (unpaired) electrons. The van der Waals surface area contributed by atoms with E-state index in [0.717, 1.165) is 12.1 Å². The van der Waals surface area contributed by atoms with Crippen LogP contribution in [0.4, 0.5) is 19.3 Å². The maximum atomic E-state index is 13.8. The van der Waals surface area contributed by atoms with E-state index in [1.807, 2.05) is 6.07 Å². The van der Waals surface area contributed by atoms with Gasteiger partial charge in [-0.1, -0.05) is 12.1 Å². The predicted octanol–water partition coefficient (Wildman–Crippen LogP) is 4.06. The predicted molar refractivity (Wildman–Crippen MR) is 120 cm³/mol. The molecule has 0 saturated carbocycles. The van der Waals surface area contributed by atoms with Crippen molar-refractivity contribution in [2.45, 2.75) is 18.9 Å². The van der Waals surface area contributed by atoms with Gasteiger partial charge in [0.15, 0.2) is 0 Å². The Morgan fingerprint density at radius 3 is 2.75 bits per heavy atom. The standard InChI is InChI=1S/C24H26F2N4O2/c1-15-22(12-17-11-19(26)6-7-21(17)27-15)28-24(31)29-23-14-30(8-9-32-2)13-20(23)16-4-3-5-18(25)10-16/h3-7,10-12,20,23H,8-9,13-14H2,1-2H3,(H2,28,29,31)/t20-,23+/m0/s1. The van der Waals surface area contributed by atoms with Crippen LogP contribution in [0, 0.1) is 18.6 Å². The highest BCUT2D eigenvalue weighted by atomic mass is 19.1. The lowest BCUT2D eigenvalue weighted by Crippen LogP contribution is -2.42. The highest BCUT2D eigenvalue weighted by Crippen LogP contribution is 2.28. The maximum Gasteiger partial charge on any atom is 0.319 e. The van der Waals surface area contributed by atoms with Gasteiger partial charge in [0.1, 0.15) is 11.6 Å². The van der Waals surface area contributed by atoms with Crippen molar-refractivity contribution in [1.29, 1.82) is 0 Å². The Morgan fingerprint density at radius 1 is 1.16 bits per heavy atom. The van der Waals surface area contributed by atoms with Crippen LogP contribution in [-0.4, -0.2) is 55.3 Å². The van der Waals surface area contributed by atoms with E-state index < -0.39 is 0 Å². The first-order valence-electron chi connectivity index (χ1n) is 10.5. The number of nitrogens with zero attached hydrogens (tertiary/aromatic N) is 2. The van der Waals surface area contributed by atoms with Crippen LogP contribution in [-0.2, 0) is 4.74 Å². The van der Waals surface area contributed by atoms with Crippen LogP contribution < -0.4 is 10.6 Å². The van der Waals surface area contributed by atoms with Gasteiger partial charge in [-0.3, -0.25) is 9.88 Å². The van der Waals surface area contributed by atoms with E-state index in [1.54, 1.807) is 32.2 Å². The Bertz CT molecular complexity index is 1120. The Balaban J connectivity index is 1.51. The second-order valence-electron chi connectivity index (χ2n) is 8.08. The van der Waals surface area contributed by atoms with Crippen molar-refractivity contribution < 1.29 is 18.3 Å². The molecule has 6 nitrogen and oxygen atoms in total. The fourth-order valence-corrected chi connectivity index (χ4v) is 4.21. The highest BCUT2D eigenvalue weighted by molar-refractivity contribution is 5.93. The number of carbonyl (C=O) groups is 1. The fraction of sp³-hybridized carbons (Fsp3) is 0.333. The summed E-state index contributed by atoms with van der Waals surface area (Å²) in [5.74, 6) is -0.719. The first-order valence-corrected chi connectivity index (χ1v) is 10.5. The van der Waals surface area contributed by atoms with E-state index in [-0.39, 0.29) is 29.6 Å². The van der Waals surface area contributed by atoms with Crippen molar-refractivity contribution in [3.05, 3.63) is 71.4 Å². The van der Waals surface area contributed by atoms with Gasteiger partial charge >= 0.3 is 6.03 Å². The first-order chi connectivity index (χ1) is 15.4. The van der Waals surface area contributed by atoms with Crippen LogP contribution in [0.15, 0.2) is 48.5 Å². The minimum Gasteiger partial charge on any atom is -0.383 e. The van der Waals surface area contributed by atoms with Gasteiger partial charge in [0.25, 0.3) is 0 Å². The van der Waals surface area contributed by atoms with Crippen molar-refractivity contribution in [2.24, 2.45) is 0 Å². The van der Waals surface area contributed by atoms with Gasteiger partial charge in [0.05, 0.1) is 29.5 Å². The minimum atomic E-state index is -0.384. The number of benzene rings is 2. The van der Waals surface area contributed by atoms with Gasteiger partial charge in [0, 0.05) is 38.0 Å². The number of methoxy groups -OCH3 is 1. The Hall–Kier alpha value is -3.10. The van der Waals surface area contributed by atoms with Gasteiger partial charge in [-0.25, -0.2) is 13.6 Å². The topological polar surface area (TPSA) is 66.5 Å². The van der Waals surface area contributed by atoms with Crippen molar-refractivity contribution >= 4 is 22.6 Å². The number of rotatable bonds is 6. The average Bonchev–Trinajstić information content (AvgIpc) is 3.15. The summed E-state index contributed by atoms with van der Waals surface area (Å²) in [5, 5.41) is 6.48. The van der Waals surface area contributed by atoms with Gasteiger partial charge in [-0.05, 0) is 48.9 Å². The number of pyridine rings is 1. The fourth-order valence-electron chi connectivity index (χ4n) is 4.21. The van der Waals surface area contributed by atoms with Gasteiger partial charge in [0.2, 0.25) is 0 Å². The molecule has 1 fully saturated rings. The third-order valence-corrected chi connectivity index (χ3v) is 5.82. The third-order valence-electron chi connectivity index (χ3n) is 5.82. The number of halogens is 2. The number of carbonyl (C=O) groups excluding carboxylic acids is 1. The molecule has 1 saturated heterocycles. The zero-order valence-corrected chi connectivity index (χ0v) is 18.1. The second-order valence-corrected chi connectivity index (χ2v) is 8.08. The second kappa shape index (κ2) is 9.58. The minimum absolute atomic E-state index is 0.0572. The number of ether oxygens (including phenoxy) is 1. The van der Waals surface area contributed by atoms with E-state index in [2.05, 4.69) is 20.5 Å². The molecule has 2 atom stereocenters. The molecular formula is C24H26F2N4O2. The molecule has 2 N–H and O–H groups in total. The lowest BCUT2D eigenvalue weighted by atomic mass is 9.94. The molecule has 1 aromatic heterocycles. The number of nitrogens with one attached hydrogen (secondary N) is 2. The van der Waals surface area contributed by atoms with E-state index >= 15 is 0 Å². The molecule has 0 spiro atoms. The quantitative estimate of drug-likeness (QED) is 0.607. The SMILES string of the molecule is COCCN1C[C@@H](NC(=O)Nc2cc3cc(F)ccc3nc2C)[C@H](c2cccc(F)c2)C1. The smallest absolute Gasteiger partial charge is 0.319 e. The lowest BCUT2D eigenvalue weighted by Gasteiger charge is -2.21. The largest absolute Gasteiger partial charge is 0.383 e. The van der Waals surface area contributed by atoms with Crippen LogP contribution in [0.3, 0.4) is 0 Å². The molecule has 2 amide bonds. The van der Waals surface area contributed by atoms with Crippen molar-refractivity contribution in [3.8, 4) is 0 Å². The van der Waals surface area contributed by atoms with Crippen LogP contribution >= 0.6 is 0 Å². The summed E-state index contributed by atoms with van der Waals surface area (Å²) in [6, 6.07) is 12.0. The number of anilines is 1. The van der Waals surface area contributed by atoms with Gasteiger partial charge in [-0.15, -0.1) is 0 Å². The molecule has 8 heteroatoms. The molecule has 0 bridgehead atoms. The first kappa shape index (κ1) is 22.1. The van der Waals surface area contributed by atoms with E-state index in [9.17, 15) is 13.6 Å². The van der Waals surface area contributed by atoms with Gasteiger partial charge in [-0.2, -0.15) is 0 Å².